The number of ether oxygens (including phenoxy) is 1. The highest BCUT2D eigenvalue weighted by atomic mass is 35.5. The van der Waals surface area contributed by atoms with E-state index >= 15 is 0 Å². The summed E-state index contributed by atoms with van der Waals surface area (Å²) in [5.74, 6) is 0.240. The van der Waals surface area contributed by atoms with Crippen LogP contribution in [0.1, 0.15) is 48.5 Å². The number of benzene rings is 2. The Labute approximate surface area is 181 Å². The second kappa shape index (κ2) is 10.7. The zero-order valence-electron chi connectivity index (χ0n) is 16.6. The minimum absolute atomic E-state index is 0.0964. The Hall–Kier alpha value is -1.98. The van der Waals surface area contributed by atoms with E-state index in [1.165, 1.54) is 0 Å². The molecule has 1 amide bonds. The molecule has 2 aromatic rings. The van der Waals surface area contributed by atoms with Crippen LogP contribution in [-0.4, -0.2) is 36.0 Å². The number of halogens is 1. The molecule has 0 aliphatic carbocycles. The molecule has 4 nitrogen and oxygen atoms in total. The molecule has 1 heterocycles. The minimum Gasteiger partial charge on any atom is -0.452 e. The van der Waals surface area contributed by atoms with E-state index in [1.807, 2.05) is 41.3 Å². The fraction of sp³-hybridized carbons (Fsp3) is 0.391. The Bertz CT molecular complexity index is 823. The van der Waals surface area contributed by atoms with Gasteiger partial charge in [-0.1, -0.05) is 30.7 Å². The SMILES string of the molecule is CCC1CCCCN1C(=O)COC(=O)c1ccc(CSc2ccc(Cl)cc2)cc1. The predicted octanol–water partition coefficient (Wildman–Crippen LogP) is 5.58. The Morgan fingerprint density at radius 1 is 1.10 bits per heavy atom. The van der Waals surface area contributed by atoms with Crippen molar-refractivity contribution in [1.29, 1.82) is 0 Å². The van der Waals surface area contributed by atoms with Crippen LogP contribution in [0.3, 0.4) is 0 Å². The predicted molar refractivity (Wildman–Crippen MR) is 117 cm³/mol. The van der Waals surface area contributed by atoms with Gasteiger partial charge >= 0.3 is 5.97 Å². The van der Waals surface area contributed by atoms with Crippen LogP contribution in [0.5, 0.6) is 0 Å². The second-order valence-corrected chi connectivity index (χ2v) is 8.65. The molecule has 1 aliphatic rings. The van der Waals surface area contributed by atoms with Crippen LogP contribution in [0.15, 0.2) is 53.4 Å². The zero-order valence-corrected chi connectivity index (χ0v) is 18.2. The van der Waals surface area contributed by atoms with Crippen molar-refractivity contribution in [1.82, 2.24) is 4.90 Å². The first-order chi connectivity index (χ1) is 14.1. The van der Waals surface area contributed by atoms with Crippen molar-refractivity contribution in [3.8, 4) is 0 Å². The number of hydrogen-bond acceptors (Lipinski definition) is 4. The summed E-state index contributed by atoms with van der Waals surface area (Å²) >= 11 is 7.61. The average Bonchev–Trinajstić information content (AvgIpc) is 2.77. The third kappa shape index (κ3) is 6.25. The zero-order chi connectivity index (χ0) is 20.6. The average molecular weight is 432 g/mol. The minimum atomic E-state index is -0.458. The Balaban J connectivity index is 1.48. The van der Waals surface area contributed by atoms with Crippen molar-refractivity contribution >= 4 is 35.2 Å². The summed E-state index contributed by atoms with van der Waals surface area (Å²) in [6, 6.07) is 15.3. The lowest BCUT2D eigenvalue weighted by atomic mass is 10.00. The standard InChI is InChI=1S/C23H26ClNO3S/c1-2-20-5-3-4-14-25(20)22(26)15-28-23(27)18-8-6-17(7-9-18)16-29-21-12-10-19(24)11-13-21/h6-13,20H,2-5,14-16H2,1H3. The number of piperidine rings is 1. The molecule has 1 aliphatic heterocycles. The lowest BCUT2D eigenvalue weighted by Gasteiger charge is -2.35. The van der Waals surface area contributed by atoms with Crippen LogP contribution >= 0.6 is 23.4 Å². The first kappa shape index (κ1) is 21.7. The van der Waals surface area contributed by atoms with Gasteiger partial charge in [-0.05, 0) is 67.6 Å². The van der Waals surface area contributed by atoms with Crippen molar-refractivity contribution in [3.05, 3.63) is 64.7 Å². The summed E-state index contributed by atoms with van der Waals surface area (Å²) in [5, 5.41) is 0.723. The summed E-state index contributed by atoms with van der Waals surface area (Å²) in [5.41, 5.74) is 1.57. The van der Waals surface area contributed by atoms with Crippen molar-refractivity contribution in [2.45, 2.75) is 49.3 Å². The topological polar surface area (TPSA) is 46.6 Å². The number of carbonyl (C=O) groups is 2. The van der Waals surface area contributed by atoms with E-state index in [4.69, 9.17) is 16.3 Å². The lowest BCUT2D eigenvalue weighted by molar-refractivity contribution is -0.138. The molecule has 154 valence electrons. The van der Waals surface area contributed by atoms with Gasteiger partial charge in [0.1, 0.15) is 0 Å². The van der Waals surface area contributed by atoms with Crippen molar-refractivity contribution < 1.29 is 14.3 Å². The van der Waals surface area contributed by atoms with Gasteiger partial charge in [0.25, 0.3) is 5.91 Å². The van der Waals surface area contributed by atoms with Gasteiger partial charge in [0.05, 0.1) is 5.56 Å². The summed E-state index contributed by atoms with van der Waals surface area (Å²) in [6.07, 6.45) is 4.15. The Morgan fingerprint density at radius 3 is 2.52 bits per heavy atom. The molecule has 29 heavy (non-hydrogen) atoms. The summed E-state index contributed by atoms with van der Waals surface area (Å²) < 4.78 is 5.27. The maximum absolute atomic E-state index is 12.4. The van der Waals surface area contributed by atoms with Crippen LogP contribution in [-0.2, 0) is 15.3 Å². The number of likely N-dealkylation sites (tertiary alicyclic amines) is 1. The molecule has 6 heteroatoms. The molecule has 0 spiro atoms. The van der Waals surface area contributed by atoms with Crippen LogP contribution in [0.2, 0.25) is 5.02 Å². The summed E-state index contributed by atoms with van der Waals surface area (Å²) in [7, 11) is 0. The van der Waals surface area contributed by atoms with Crippen molar-refractivity contribution in [2.75, 3.05) is 13.2 Å². The van der Waals surface area contributed by atoms with Gasteiger partial charge in [0, 0.05) is 28.3 Å². The largest absolute Gasteiger partial charge is 0.452 e. The summed E-state index contributed by atoms with van der Waals surface area (Å²) in [4.78, 5) is 27.7. The smallest absolute Gasteiger partial charge is 0.338 e. The number of nitrogens with zero attached hydrogens (tertiary/aromatic N) is 1. The molecule has 0 saturated carbocycles. The third-order valence-corrected chi connectivity index (χ3v) is 6.49. The fourth-order valence-corrected chi connectivity index (χ4v) is 4.46. The van der Waals surface area contributed by atoms with E-state index in [1.54, 1.807) is 23.9 Å². The third-order valence-electron chi connectivity index (χ3n) is 5.15. The van der Waals surface area contributed by atoms with E-state index in [0.717, 1.165) is 53.5 Å². The normalized spacial score (nSPS) is 16.5. The van der Waals surface area contributed by atoms with Crippen LogP contribution in [0, 0.1) is 0 Å². The summed E-state index contributed by atoms with van der Waals surface area (Å²) in [6.45, 7) is 2.66. The molecule has 1 fully saturated rings. The number of carbonyl (C=O) groups excluding carboxylic acids is 2. The number of amides is 1. The van der Waals surface area contributed by atoms with E-state index < -0.39 is 5.97 Å². The highest BCUT2D eigenvalue weighted by Crippen LogP contribution is 2.24. The molecule has 0 bridgehead atoms. The van der Waals surface area contributed by atoms with E-state index in [-0.39, 0.29) is 18.6 Å². The highest BCUT2D eigenvalue weighted by molar-refractivity contribution is 7.98. The van der Waals surface area contributed by atoms with Gasteiger partial charge in [0.15, 0.2) is 6.61 Å². The van der Waals surface area contributed by atoms with Gasteiger partial charge in [0.2, 0.25) is 0 Å². The van der Waals surface area contributed by atoms with Crippen molar-refractivity contribution in [2.24, 2.45) is 0 Å². The number of hydrogen-bond donors (Lipinski definition) is 0. The van der Waals surface area contributed by atoms with E-state index in [9.17, 15) is 9.59 Å². The molecule has 2 aromatic carbocycles. The number of thioether (sulfide) groups is 1. The van der Waals surface area contributed by atoms with Crippen LogP contribution in [0.4, 0.5) is 0 Å². The quantitative estimate of drug-likeness (QED) is 0.424. The molecular formula is C23H26ClNO3S. The lowest BCUT2D eigenvalue weighted by Crippen LogP contribution is -2.45. The second-order valence-electron chi connectivity index (χ2n) is 7.16. The van der Waals surface area contributed by atoms with Gasteiger partial charge in [-0.3, -0.25) is 4.79 Å². The van der Waals surface area contributed by atoms with Crippen LogP contribution in [0.25, 0.3) is 0 Å². The highest BCUT2D eigenvalue weighted by Gasteiger charge is 2.26. The van der Waals surface area contributed by atoms with Gasteiger partial charge < -0.3 is 9.64 Å². The van der Waals surface area contributed by atoms with E-state index in [2.05, 4.69) is 6.92 Å². The Kier molecular flexibility index (Phi) is 8.01. The molecular weight excluding hydrogens is 406 g/mol. The maximum atomic E-state index is 12.4. The molecule has 1 saturated heterocycles. The fourth-order valence-electron chi connectivity index (χ4n) is 3.48. The molecule has 1 atom stereocenters. The number of esters is 1. The first-order valence-corrected chi connectivity index (χ1v) is 11.4. The van der Waals surface area contributed by atoms with Gasteiger partial charge in [-0.15, -0.1) is 11.8 Å². The molecule has 0 radical (unpaired) electrons. The molecule has 1 unspecified atom stereocenters. The van der Waals surface area contributed by atoms with Gasteiger partial charge in [-0.25, -0.2) is 4.79 Å². The van der Waals surface area contributed by atoms with Crippen LogP contribution < -0.4 is 0 Å². The molecule has 0 aromatic heterocycles. The maximum Gasteiger partial charge on any atom is 0.338 e. The van der Waals surface area contributed by atoms with Crippen molar-refractivity contribution in [3.63, 3.8) is 0 Å². The Morgan fingerprint density at radius 2 is 1.83 bits per heavy atom. The number of rotatable bonds is 7. The monoisotopic (exact) mass is 431 g/mol. The van der Waals surface area contributed by atoms with E-state index in [0.29, 0.717) is 5.56 Å². The molecule has 3 rings (SSSR count). The first-order valence-electron chi connectivity index (χ1n) is 10.0. The molecule has 0 N–H and O–H groups in total. The van der Waals surface area contributed by atoms with Gasteiger partial charge in [-0.2, -0.15) is 0 Å².